The van der Waals surface area contributed by atoms with E-state index in [-0.39, 0.29) is 23.9 Å². The van der Waals surface area contributed by atoms with Crippen LogP contribution < -0.4 is 4.74 Å². The van der Waals surface area contributed by atoms with Crippen LogP contribution in [0.4, 0.5) is 0 Å². The molecule has 35 heavy (non-hydrogen) atoms. The molecule has 1 saturated heterocycles. The zero-order valence-corrected chi connectivity index (χ0v) is 20.5. The van der Waals surface area contributed by atoms with Crippen molar-refractivity contribution in [3.05, 3.63) is 95.3 Å². The second-order valence-electron chi connectivity index (χ2n) is 8.64. The number of ketones is 1. The minimum absolute atomic E-state index is 0.00127. The third-order valence-corrected chi connectivity index (χ3v) is 7.14. The number of esters is 1. The van der Waals surface area contributed by atoms with E-state index < -0.39 is 16.8 Å². The summed E-state index contributed by atoms with van der Waals surface area (Å²) in [4.78, 5) is 41.0. The largest absolute Gasteiger partial charge is 0.489 e. The molecule has 3 aromatic rings. The lowest BCUT2D eigenvalue weighted by Gasteiger charge is -2.20. The number of thioether (sulfide) groups is 1. The summed E-state index contributed by atoms with van der Waals surface area (Å²) >= 11 is 1.12. The Labute approximate surface area is 209 Å². The third kappa shape index (κ3) is 6.17. The average Bonchev–Trinajstić information content (AvgIpc) is 3.13. The van der Waals surface area contributed by atoms with Crippen LogP contribution in [0.1, 0.15) is 53.6 Å². The fourth-order valence-corrected chi connectivity index (χ4v) is 4.98. The molecule has 2 atom stereocenters. The Morgan fingerprint density at radius 3 is 2.34 bits per heavy atom. The molecule has 0 spiro atoms. The first-order valence-electron chi connectivity index (χ1n) is 11.5. The van der Waals surface area contributed by atoms with E-state index in [1.54, 1.807) is 30.5 Å². The number of carbonyl (C=O) groups is 3. The molecular formula is C28H27NO5S. The molecule has 1 unspecified atom stereocenters. The van der Waals surface area contributed by atoms with Gasteiger partial charge < -0.3 is 9.47 Å². The first-order valence-corrected chi connectivity index (χ1v) is 12.4. The molecule has 4 rings (SSSR count). The number of Topliss-reactive ketones (excluding diaryl/α,β-unsaturated/α-hetero) is 1. The molecule has 0 radical (unpaired) electrons. The van der Waals surface area contributed by atoms with E-state index >= 15 is 0 Å². The van der Waals surface area contributed by atoms with Crippen molar-refractivity contribution in [3.63, 3.8) is 0 Å². The van der Waals surface area contributed by atoms with Gasteiger partial charge in [-0.2, -0.15) is 0 Å². The van der Waals surface area contributed by atoms with Gasteiger partial charge in [0, 0.05) is 6.20 Å². The Balaban J connectivity index is 1.44. The van der Waals surface area contributed by atoms with Crippen LogP contribution in [0.2, 0.25) is 0 Å². The highest BCUT2D eigenvalue weighted by molar-refractivity contribution is 8.16. The normalized spacial score (nSPS) is 18.3. The van der Waals surface area contributed by atoms with E-state index in [1.165, 1.54) is 0 Å². The van der Waals surface area contributed by atoms with Crippen LogP contribution in [0.15, 0.2) is 72.9 Å². The Hall–Kier alpha value is -3.45. The fourth-order valence-electron chi connectivity index (χ4n) is 3.85. The van der Waals surface area contributed by atoms with Crippen LogP contribution in [0.25, 0.3) is 0 Å². The van der Waals surface area contributed by atoms with Crippen molar-refractivity contribution in [2.75, 3.05) is 6.61 Å². The lowest BCUT2D eigenvalue weighted by molar-refractivity contribution is -0.123. The molecule has 1 aliphatic rings. The standard InChI is InChI=1S/C28H27NO5S/c1-3-19-11-14-23(29-17-19)24(34-27(32)21-7-5-4-6-8-21)18-33-22-12-9-20(10-13-22)16-28(2)25(30)15-26(31)35-28/h4-14,17,24H,3,15-16,18H2,1-2H3/t24-,28?/m0/s1. The highest BCUT2D eigenvalue weighted by Gasteiger charge is 2.43. The van der Waals surface area contributed by atoms with E-state index in [0.717, 1.165) is 29.3 Å². The van der Waals surface area contributed by atoms with E-state index in [0.29, 0.717) is 23.4 Å². The molecule has 0 amide bonds. The lowest BCUT2D eigenvalue weighted by Crippen LogP contribution is -2.29. The smallest absolute Gasteiger partial charge is 0.338 e. The number of benzene rings is 2. The molecular weight excluding hydrogens is 462 g/mol. The summed E-state index contributed by atoms with van der Waals surface area (Å²) < 4.78 is 11.0. The molecule has 1 aliphatic heterocycles. The molecule has 180 valence electrons. The fraction of sp³-hybridized carbons (Fsp3) is 0.286. The first-order chi connectivity index (χ1) is 16.9. The van der Waals surface area contributed by atoms with Gasteiger partial charge in [0.25, 0.3) is 0 Å². The van der Waals surface area contributed by atoms with Crippen LogP contribution in [-0.2, 0) is 27.2 Å². The summed E-state index contributed by atoms with van der Waals surface area (Å²) in [6.07, 6.45) is 2.43. The highest BCUT2D eigenvalue weighted by atomic mass is 32.2. The van der Waals surface area contributed by atoms with Gasteiger partial charge in [-0.15, -0.1) is 0 Å². The van der Waals surface area contributed by atoms with Gasteiger partial charge in [0.05, 0.1) is 22.4 Å². The van der Waals surface area contributed by atoms with E-state index in [2.05, 4.69) is 11.9 Å². The molecule has 2 heterocycles. The minimum Gasteiger partial charge on any atom is -0.489 e. The number of ether oxygens (including phenoxy) is 2. The summed E-state index contributed by atoms with van der Waals surface area (Å²) in [7, 11) is 0. The number of aryl methyl sites for hydroxylation is 1. The van der Waals surface area contributed by atoms with Crippen LogP contribution in [0.5, 0.6) is 5.75 Å². The van der Waals surface area contributed by atoms with E-state index in [4.69, 9.17) is 9.47 Å². The third-order valence-electron chi connectivity index (χ3n) is 5.94. The lowest BCUT2D eigenvalue weighted by atomic mass is 9.95. The van der Waals surface area contributed by atoms with Gasteiger partial charge in [0.15, 0.2) is 17.0 Å². The van der Waals surface area contributed by atoms with Crippen molar-refractivity contribution in [2.45, 2.75) is 44.0 Å². The quantitative estimate of drug-likeness (QED) is 0.303. The van der Waals surface area contributed by atoms with Gasteiger partial charge >= 0.3 is 5.97 Å². The van der Waals surface area contributed by atoms with Gasteiger partial charge in [-0.3, -0.25) is 14.6 Å². The maximum absolute atomic E-state index is 12.7. The second-order valence-corrected chi connectivity index (χ2v) is 10.2. The van der Waals surface area contributed by atoms with Crippen molar-refractivity contribution >= 4 is 28.6 Å². The van der Waals surface area contributed by atoms with Crippen LogP contribution >= 0.6 is 11.8 Å². The van der Waals surface area contributed by atoms with Crippen molar-refractivity contribution in [2.24, 2.45) is 0 Å². The van der Waals surface area contributed by atoms with Gasteiger partial charge in [-0.05, 0) is 61.2 Å². The van der Waals surface area contributed by atoms with Crippen molar-refractivity contribution in [1.29, 1.82) is 0 Å². The molecule has 1 aromatic heterocycles. The van der Waals surface area contributed by atoms with E-state index in [1.807, 2.05) is 49.4 Å². The van der Waals surface area contributed by atoms with Crippen LogP contribution in [-0.4, -0.2) is 33.2 Å². The summed E-state index contributed by atoms with van der Waals surface area (Å²) in [6.45, 7) is 3.96. The second kappa shape index (κ2) is 10.9. The average molecular weight is 490 g/mol. The van der Waals surface area contributed by atoms with Crippen LogP contribution in [0, 0.1) is 0 Å². The predicted molar refractivity (Wildman–Crippen MR) is 134 cm³/mol. The first kappa shape index (κ1) is 24.7. The maximum Gasteiger partial charge on any atom is 0.338 e. The number of nitrogens with zero attached hydrogens (tertiary/aromatic N) is 1. The monoisotopic (exact) mass is 489 g/mol. The van der Waals surface area contributed by atoms with Gasteiger partial charge in [-0.25, -0.2) is 4.79 Å². The number of hydrogen-bond acceptors (Lipinski definition) is 7. The highest BCUT2D eigenvalue weighted by Crippen LogP contribution is 2.39. The number of aromatic nitrogens is 1. The number of pyridine rings is 1. The summed E-state index contributed by atoms with van der Waals surface area (Å²) in [5, 5.41) is -0.0749. The van der Waals surface area contributed by atoms with Crippen LogP contribution in [0.3, 0.4) is 0 Å². The molecule has 6 nitrogen and oxygen atoms in total. The van der Waals surface area contributed by atoms with Gasteiger partial charge in [-0.1, -0.05) is 55.1 Å². The zero-order chi connectivity index (χ0) is 24.8. The molecule has 2 aromatic carbocycles. The SMILES string of the molecule is CCc1ccc([C@H](COc2ccc(CC3(C)SC(=O)CC3=O)cc2)OC(=O)c2ccccc2)nc1. The Kier molecular flexibility index (Phi) is 7.66. The van der Waals surface area contributed by atoms with Gasteiger partial charge in [0.1, 0.15) is 12.4 Å². The Morgan fingerprint density at radius 1 is 1.03 bits per heavy atom. The topological polar surface area (TPSA) is 82.6 Å². The summed E-state index contributed by atoms with van der Waals surface area (Å²) in [5.74, 6) is 0.126. The van der Waals surface area contributed by atoms with Gasteiger partial charge in [0.2, 0.25) is 0 Å². The molecule has 0 bridgehead atoms. The Bertz CT molecular complexity index is 1190. The van der Waals surface area contributed by atoms with Crippen molar-refractivity contribution < 1.29 is 23.9 Å². The predicted octanol–water partition coefficient (Wildman–Crippen LogP) is 5.15. The number of carbonyl (C=O) groups excluding carboxylic acids is 3. The molecule has 0 aliphatic carbocycles. The molecule has 7 heteroatoms. The maximum atomic E-state index is 12.7. The number of rotatable bonds is 9. The molecule has 0 saturated carbocycles. The summed E-state index contributed by atoms with van der Waals surface area (Å²) in [6, 6.07) is 20.0. The van der Waals surface area contributed by atoms with E-state index in [9.17, 15) is 14.4 Å². The minimum atomic E-state index is -0.716. The van der Waals surface area contributed by atoms with Crippen molar-refractivity contribution in [3.8, 4) is 5.75 Å². The number of hydrogen-bond donors (Lipinski definition) is 0. The Morgan fingerprint density at radius 2 is 1.74 bits per heavy atom. The zero-order valence-electron chi connectivity index (χ0n) is 19.7. The molecule has 1 fully saturated rings. The summed E-state index contributed by atoms with van der Waals surface area (Å²) in [5.41, 5.74) is 3.10. The molecule has 0 N–H and O–H groups in total. The van der Waals surface area contributed by atoms with Crippen molar-refractivity contribution in [1.82, 2.24) is 4.98 Å².